The summed E-state index contributed by atoms with van der Waals surface area (Å²) in [5.41, 5.74) is -0.843. The summed E-state index contributed by atoms with van der Waals surface area (Å²) in [6.45, 7) is -0.208. The number of hydrogen-bond donors (Lipinski definition) is 0. The number of methoxy groups -OCH3 is 1. The number of terminal acetylenes is 1. The Morgan fingerprint density at radius 2 is 2.14 bits per heavy atom. The maximum Gasteiger partial charge on any atom is 0.339 e. The van der Waals surface area contributed by atoms with E-state index in [1.54, 1.807) is 0 Å². The number of rotatable bonds is 5. The lowest BCUT2D eigenvalue weighted by molar-refractivity contribution is -0.384. The molecule has 0 unspecified atom stereocenters. The van der Waals surface area contributed by atoms with Crippen LogP contribution in [0.5, 0.6) is 0 Å². The van der Waals surface area contributed by atoms with Crippen LogP contribution in [-0.2, 0) is 14.8 Å². The predicted octanol–water partition coefficient (Wildman–Crippen LogP) is 0.635. The molecule has 0 aliphatic heterocycles. The number of sulfonamides is 1. The van der Waals surface area contributed by atoms with Gasteiger partial charge in [0, 0.05) is 19.2 Å². The second-order valence-electron chi connectivity index (χ2n) is 3.89. The molecular weight excluding hydrogens is 300 g/mol. The molecule has 0 amide bonds. The van der Waals surface area contributed by atoms with Crippen molar-refractivity contribution in [3.05, 3.63) is 33.9 Å². The quantitative estimate of drug-likeness (QED) is 0.342. The first-order chi connectivity index (χ1) is 9.75. The number of carbonyl (C=O) groups is 1. The maximum atomic E-state index is 12.3. The van der Waals surface area contributed by atoms with Gasteiger partial charge in [-0.3, -0.25) is 10.1 Å². The Hall–Kier alpha value is -2.44. The van der Waals surface area contributed by atoms with Gasteiger partial charge in [-0.15, -0.1) is 6.42 Å². The highest BCUT2D eigenvalue weighted by atomic mass is 32.2. The molecule has 0 fully saturated rings. The molecular formula is C12H12N2O6S. The van der Waals surface area contributed by atoms with E-state index < -0.39 is 37.1 Å². The van der Waals surface area contributed by atoms with Crippen molar-refractivity contribution in [3.8, 4) is 12.3 Å². The lowest BCUT2D eigenvalue weighted by Gasteiger charge is -2.16. The Morgan fingerprint density at radius 3 is 2.62 bits per heavy atom. The van der Waals surface area contributed by atoms with Crippen LogP contribution in [0.1, 0.15) is 10.4 Å². The summed E-state index contributed by atoms with van der Waals surface area (Å²) in [6.07, 6.45) is 5.06. The fourth-order valence-corrected chi connectivity index (χ4v) is 2.75. The first-order valence-corrected chi connectivity index (χ1v) is 6.96. The van der Waals surface area contributed by atoms with Gasteiger partial charge in [0.05, 0.1) is 29.0 Å². The summed E-state index contributed by atoms with van der Waals surface area (Å²) in [4.78, 5) is 21.2. The number of non-ortho nitro benzene ring substituents is 1. The van der Waals surface area contributed by atoms with Crippen LogP contribution < -0.4 is 0 Å². The highest BCUT2D eigenvalue weighted by Crippen LogP contribution is 2.24. The molecule has 1 aromatic rings. The SMILES string of the molecule is C#CCN(C)S(=O)(=O)c1ccc([N+](=O)[O-])cc1C(=O)OC. The fraction of sp³-hybridized carbons (Fsp3) is 0.250. The molecule has 0 aliphatic rings. The molecule has 0 bridgehead atoms. The highest BCUT2D eigenvalue weighted by Gasteiger charge is 2.28. The van der Waals surface area contributed by atoms with Crippen molar-refractivity contribution in [1.82, 2.24) is 4.31 Å². The van der Waals surface area contributed by atoms with Gasteiger partial charge in [-0.25, -0.2) is 13.2 Å². The Kier molecular flexibility index (Phi) is 5.02. The molecule has 8 nitrogen and oxygen atoms in total. The lowest BCUT2D eigenvalue weighted by Crippen LogP contribution is -2.28. The minimum absolute atomic E-state index is 0.208. The van der Waals surface area contributed by atoms with E-state index in [-0.39, 0.29) is 6.54 Å². The zero-order chi connectivity index (χ0) is 16.2. The summed E-state index contributed by atoms with van der Waals surface area (Å²) >= 11 is 0. The number of carbonyl (C=O) groups excluding carboxylic acids is 1. The van der Waals surface area contributed by atoms with Gasteiger partial charge < -0.3 is 4.74 Å². The average Bonchev–Trinajstić information content (AvgIpc) is 2.45. The molecule has 112 valence electrons. The molecule has 0 atom stereocenters. The van der Waals surface area contributed by atoms with Crippen LogP contribution in [0.25, 0.3) is 0 Å². The molecule has 0 aliphatic carbocycles. The summed E-state index contributed by atoms with van der Waals surface area (Å²) in [6, 6.07) is 2.82. The Balaban J connectivity index is 3.53. The number of esters is 1. The fourth-order valence-electron chi connectivity index (χ4n) is 1.51. The Bertz CT molecular complexity index is 720. The summed E-state index contributed by atoms with van der Waals surface area (Å²) < 4.78 is 29.9. The van der Waals surface area contributed by atoms with Crippen molar-refractivity contribution in [2.75, 3.05) is 20.7 Å². The molecule has 0 saturated carbocycles. The topological polar surface area (TPSA) is 107 Å². The first kappa shape index (κ1) is 16.6. The van der Waals surface area contributed by atoms with Crippen molar-refractivity contribution >= 4 is 21.7 Å². The standard InChI is InChI=1S/C12H12N2O6S/c1-4-7-13(2)21(18,19)11-6-5-9(14(16)17)8-10(11)12(15)20-3/h1,5-6,8H,7H2,2-3H3. The van der Waals surface area contributed by atoms with Gasteiger partial charge in [0.2, 0.25) is 10.0 Å². The number of ether oxygens (including phenoxy) is 1. The molecule has 1 rings (SSSR count). The third-order valence-corrected chi connectivity index (χ3v) is 4.44. The maximum absolute atomic E-state index is 12.3. The van der Waals surface area contributed by atoms with E-state index in [0.29, 0.717) is 0 Å². The van der Waals surface area contributed by atoms with Crippen molar-refractivity contribution in [2.45, 2.75) is 4.90 Å². The van der Waals surface area contributed by atoms with Crippen molar-refractivity contribution in [2.24, 2.45) is 0 Å². The smallest absolute Gasteiger partial charge is 0.339 e. The van der Waals surface area contributed by atoms with Gasteiger partial charge in [-0.2, -0.15) is 4.31 Å². The van der Waals surface area contributed by atoms with Crippen molar-refractivity contribution < 1.29 is 22.9 Å². The van der Waals surface area contributed by atoms with Crippen LogP contribution in [0, 0.1) is 22.5 Å². The molecule has 9 heteroatoms. The van der Waals surface area contributed by atoms with Gasteiger partial charge in [-0.1, -0.05) is 5.92 Å². The number of nitrogens with zero attached hydrogens (tertiary/aromatic N) is 2. The van der Waals surface area contributed by atoms with Crippen LogP contribution in [0.3, 0.4) is 0 Å². The average molecular weight is 312 g/mol. The van der Waals surface area contributed by atoms with E-state index in [0.717, 1.165) is 29.6 Å². The predicted molar refractivity (Wildman–Crippen MR) is 73.1 cm³/mol. The Morgan fingerprint density at radius 1 is 1.52 bits per heavy atom. The number of nitro groups is 1. The second-order valence-corrected chi connectivity index (χ2v) is 5.91. The minimum Gasteiger partial charge on any atom is -0.465 e. The molecule has 0 saturated heterocycles. The van der Waals surface area contributed by atoms with E-state index >= 15 is 0 Å². The van der Waals surface area contributed by atoms with Gasteiger partial charge in [0.25, 0.3) is 5.69 Å². The van der Waals surface area contributed by atoms with E-state index in [1.165, 1.54) is 7.05 Å². The summed E-state index contributed by atoms with van der Waals surface area (Å²) in [5.74, 6) is 1.16. The largest absolute Gasteiger partial charge is 0.465 e. The van der Waals surface area contributed by atoms with Crippen LogP contribution >= 0.6 is 0 Å². The van der Waals surface area contributed by atoms with E-state index in [9.17, 15) is 23.3 Å². The zero-order valence-corrected chi connectivity index (χ0v) is 12.1. The van der Waals surface area contributed by atoms with Crippen molar-refractivity contribution in [1.29, 1.82) is 0 Å². The van der Waals surface area contributed by atoms with Gasteiger partial charge in [-0.05, 0) is 6.07 Å². The van der Waals surface area contributed by atoms with Crippen LogP contribution in [0.15, 0.2) is 23.1 Å². The van der Waals surface area contributed by atoms with E-state index in [2.05, 4.69) is 10.7 Å². The summed E-state index contributed by atoms with van der Waals surface area (Å²) in [7, 11) is -1.78. The second kappa shape index (κ2) is 6.34. The van der Waals surface area contributed by atoms with Crippen LogP contribution in [0.4, 0.5) is 5.69 Å². The Labute approximate surface area is 121 Å². The number of nitro benzene ring substituents is 1. The third kappa shape index (κ3) is 3.36. The monoisotopic (exact) mass is 312 g/mol. The normalized spacial score (nSPS) is 11.0. The molecule has 0 aromatic heterocycles. The molecule has 0 radical (unpaired) electrons. The van der Waals surface area contributed by atoms with Crippen LogP contribution in [-0.4, -0.2) is 44.3 Å². The van der Waals surface area contributed by atoms with Crippen molar-refractivity contribution in [3.63, 3.8) is 0 Å². The van der Waals surface area contributed by atoms with Gasteiger partial charge in [0.15, 0.2) is 0 Å². The first-order valence-electron chi connectivity index (χ1n) is 5.52. The minimum atomic E-state index is -4.06. The molecule has 1 aromatic carbocycles. The van der Waals surface area contributed by atoms with E-state index in [1.807, 2.05) is 0 Å². The number of hydrogen-bond acceptors (Lipinski definition) is 6. The lowest BCUT2D eigenvalue weighted by atomic mass is 10.2. The van der Waals surface area contributed by atoms with E-state index in [4.69, 9.17) is 6.42 Å². The molecule has 0 spiro atoms. The third-order valence-electron chi connectivity index (χ3n) is 2.58. The molecule has 0 N–H and O–H groups in total. The summed E-state index contributed by atoms with van der Waals surface area (Å²) in [5, 5.41) is 10.7. The van der Waals surface area contributed by atoms with Gasteiger partial charge in [0.1, 0.15) is 0 Å². The molecule has 21 heavy (non-hydrogen) atoms. The molecule has 0 heterocycles. The van der Waals surface area contributed by atoms with Gasteiger partial charge >= 0.3 is 5.97 Å². The van der Waals surface area contributed by atoms with Crippen LogP contribution in [0.2, 0.25) is 0 Å². The zero-order valence-electron chi connectivity index (χ0n) is 11.3. The highest BCUT2D eigenvalue weighted by molar-refractivity contribution is 7.89. The number of benzene rings is 1.